The van der Waals surface area contributed by atoms with Gasteiger partial charge in [0.25, 0.3) is 0 Å². The summed E-state index contributed by atoms with van der Waals surface area (Å²) in [5.74, 6) is -0.484. The predicted octanol–water partition coefficient (Wildman–Crippen LogP) is 4.68. The molecule has 0 radical (unpaired) electrons. The molecule has 1 aromatic heterocycles. The van der Waals surface area contributed by atoms with Crippen LogP contribution in [0.2, 0.25) is 0 Å². The summed E-state index contributed by atoms with van der Waals surface area (Å²) in [4.78, 5) is 8.61. The van der Waals surface area contributed by atoms with Crippen molar-refractivity contribution in [2.75, 3.05) is 17.2 Å². The zero-order chi connectivity index (χ0) is 20.5. The number of alkyl halides is 3. The maximum absolute atomic E-state index is 14.2. The van der Waals surface area contributed by atoms with E-state index in [0.717, 1.165) is 31.0 Å². The van der Waals surface area contributed by atoms with Crippen molar-refractivity contribution < 1.29 is 22.7 Å². The molecule has 5 nitrogen and oxygen atoms in total. The van der Waals surface area contributed by atoms with E-state index in [1.807, 2.05) is 13.8 Å². The largest absolute Gasteiger partial charge is 0.418 e. The average Bonchev–Trinajstić information content (AvgIpc) is 3.45. The van der Waals surface area contributed by atoms with Crippen LogP contribution in [0.4, 0.5) is 35.0 Å². The molecule has 3 N–H and O–H groups in total. The number of para-hydroxylation sites is 1. The Balaban J connectivity index is 1.97. The minimum absolute atomic E-state index is 0.0652. The van der Waals surface area contributed by atoms with Gasteiger partial charge in [-0.25, -0.2) is 9.37 Å². The van der Waals surface area contributed by atoms with Gasteiger partial charge in [0, 0.05) is 12.0 Å². The number of anilines is 3. The number of benzene rings is 1. The highest BCUT2D eigenvalue weighted by Gasteiger charge is 2.35. The second-order valence-electron chi connectivity index (χ2n) is 7.24. The maximum atomic E-state index is 14.2. The van der Waals surface area contributed by atoms with Crippen molar-refractivity contribution in [2.45, 2.75) is 44.8 Å². The molecule has 1 aliphatic rings. The Morgan fingerprint density at radius 1 is 1.21 bits per heavy atom. The summed E-state index contributed by atoms with van der Waals surface area (Å²) in [7, 11) is 0. The van der Waals surface area contributed by atoms with Crippen molar-refractivity contribution in [1.82, 2.24) is 9.97 Å². The summed E-state index contributed by atoms with van der Waals surface area (Å²) in [5.41, 5.74) is -1.11. The number of aliphatic hydroxyl groups is 1. The first-order valence-electron chi connectivity index (χ1n) is 9.08. The van der Waals surface area contributed by atoms with Crippen LogP contribution in [0.15, 0.2) is 24.3 Å². The highest BCUT2D eigenvalue weighted by Crippen LogP contribution is 2.41. The molecule has 1 aromatic carbocycles. The minimum atomic E-state index is -4.71. The fourth-order valence-electron chi connectivity index (χ4n) is 2.79. The second kappa shape index (κ2) is 7.90. The fraction of sp³-hybridized carbons (Fsp3) is 0.474. The Bertz CT molecular complexity index is 837. The molecule has 9 heteroatoms. The van der Waals surface area contributed by atoms with Crippen LogP contribution in [0.5, 0.6) is 0 Å². The van der Waals surface area contributed by atoms with Crippen LogP contribution in [0.25, 0.3) is 0 Å². The number of aromatic nitrogens is 2. The van der Waals surface area contributed by atoms with Crippen LogP contribution in [0.3, 0.4) is 0 Å². The molecule has 3 rings (SSSR count). The van der Waals surface area contributed by atoms with Crippen molar-refractivity contribution in [3.8, 4) is 0 Å². The third-order valence-corrected chi connectivity index (χ3v) is 4.63. The lowest BCUT2D eigenvalue weighted by Gasteiger charge is -2.21. The monoisotopic (exact) mass is 398 g/mol. The minimum Gasteiger partial charge on any atom is -0.394 e. The van der Waals surface area contributed by atoms with Gasteiger partial charge in [0.15, 0.2) is 0 Å². The van der Waals surface area contributed by atoms with Gasteiger partial charge in [0.1, 0.15) is 11.6 Å². The zero-order valence-corrected chi connectivity index (χ0v) is 15.5. The van der Waals surface area contributed by atoms with Gasteiger partial charge in [-0.15, -0.1) is 0 Å². The standard InChI is InChI=1S/C19H22F4N4O/c1-10(2)15(9-28)25-18-24-14(11-6-7-11)8-16(27-18)26-17-12(19(21,22)23)4-3-5-13(17)20/h3-5,8,10-11,15,28H,6-7,9H2,1-2H3,(H2,24,25,26,27)/t15-/m0/s1. The van der Waals surface area contributed by atoms with E-state index in [1.165, 1.54) is 0 Å². The third-order valence-electron chi connectivity index (χ3n) is 4.63. The predicted molar refractivity (Wildman–Crippen MR) is 98.0 cm³/mol. The van der Waals surface area contributed by atoms with E-state index in [2.05, 4.69) is 20.6 Å². The third kappa shape index (κ3) is 4.70. The first-order valence-corrected chi connectivity index (χ1v) is 9.08. The summed E-state index contributed by atoms with van der Waals surface area (Å²) in [5, 5.41) is 15.0. The molecule has 1 saturated carbocycles. The molecule has 1 heterocycles. The van der Waals surface area contributed by atoms with E-state index in [-0.39, 0.29) is 36.3 Å². The number of hydrogen-bond donors (Lipinski definition) is 3. The van der Waals surface area contributed by atoms with Gasteiger partial charge in [-0.1, -0.05) is 19.9 Å². The smallest absolute Gasteiger partial charge is 0.394 e. The van der Waals surface area contributed by atoms with E-state index in [1.54, 1.807) is 6.07 Å². The fourth-order valence-corrected chi connectivity index (χ4v) is 2.79. The van der Waals surface area contributed by atoms with Crippen molar-refractivity contribution in [3.63, 3.8) is 0 Å². The number of nitrogens with one attached hydrogen (secondary N) is 2. The van der Waals surface area contributed by atoms with Gasteiger partial charge in [-0.2, -0.15) is 18.2 Å². The summed E-state index contributed by atoms with van der Waals surface area (Å²) in [6.45, 7) is 3.67. The molecule has 0 unspecified atom stereocenters. The maximum Gasteiger partial charge on any atom is 0.418 e. The number of nitrogens with zero attached hydrogens (tertiary/aromatic N) is 2. The molecule has 2 aromatic rings. The molecule has 28 heavy (non-hydrogen) atoms. The summed E-state index contributed by atoms with van der Waals surface area (Å²) < 4.78 is 53.9. The molecule has 1 aliphatic carbocycles. The molecule has 0 aliphatic heterocycles. The highest BCUT2D eigenvalue weighted by molar-refractivity contribution is 5.63. The number of rotatable bonds is 7. The van der Waals surface area contributed by atoms with Crippen LogP contribution in [0, 0.1) is 11.7 Å². The summed E-state index contributed by atoms with van der Waals surface area (Å²) in [6.07, 6.45) is -2.86. The molecule has 0 spiro atoms. The molecular formula is C19H22F4N4O. The number of hydrogen-bond acceptors (Lipinski definition) is 5. The molecule has 0 bridgehead atoms. The number of aliphatic hydroxyl groups excluding tert-OH is 1. The first-order chi connectivity index (χ1) is 13.2. The molecule has 0 saturated heterocycles. The van der Waals surface area contributed by atoms with E-state index in [4.69, 9.17) is 0 Å². The van der Waals surface area contributed by atoms with Crippen molar-refractivity contribution in [3.05, 3.63) is 41.3 Å². The first kappa shape index (κ1) is 20.3. The SMILES string of the molecule is CC(C)[C@H](CO)Nc1nc(Nc2c(F)cccc2C(F)(F)F)cc(C2CC2)n1. The van der Waals surface area contributed by atoms with Gasteiger partial charge in [0.05, 0.1) is 29.6 Å². The zero-order valence-electron chi connectivity index (χ0n) is 15.5. The van der Waals surface area contributed by atoms with E-state index < -0.39 is 23.2 Å². The van der Waals surface area contributed by atoms with E-state index >= 15 is 0 Å². The van der Waals surface area contributed by atoms with Gasteiger partial charge in [-0.3, -0.25) is 0 Å². The number of halogens is 4. The highest BCUT2D eigenvalue weighted by atomic mass is 19.4. The van der Waals surface area contributed by atoms with Crippen LogP contribution in [-0.4, -0.2) is 27.7 Å². The van der Waals surface area contributed by atoms with Gasteiger partial charge < -0.3 is 15.7 Å². The van der Waals surface area contributed by atoms with Gasteiger partial charge in [0.2, 0.25) is 5.95 Å². The molecular weight excluding hydrogens is 376 g/mol. The van der Waals surface area contributed by atoms with Crippen molar-refractivity contribution in [2.24, 2.45) is 5.92 Å². The van der Waals surface area contributed by atoms with Crippen molar-refractivity contribution >= 4 is 17.5 Å². The lowest BCUT2D eigenvalue weighted by Crippen LogP contribution is -2.30. The van der Waals surface area contributed by atoms with Gasteiger partial charge >= 0.3 is 6.18 Å². The molecule has 1 fully saturated rings. The topological polar surface area (TPSA) is 70.1 Å². The molecule has 0 amide bonds. The molecule has 1 atom stereocenters. The van der Waals surface area contributed by atoms with E-state index in [9.17, 15) is 22.7 Å². The average molecular weight is 398 g/mol. The molecule has 152 valence electrons. The summed E-state index contributed by atoms with van der Waals surface area (Å²) in [6, 6.07) is 4.01. The Kier molecular flexibility index (Phi) is 5.74. The lowest BCUT2D eigenvalue weighted by atomic mass is 10.1. The summed E-state index contributed by atoms with van der Waals surface area (Å²) >= 11 is 0. The Hall–Kier alpha value is -2.42. The Morgan fingerprint density at radius 3 is 2.50 bits per heavy atom. The van der Waals surface area contributed by atoms with E-state index in [0.29, 0.717) is 5.69 Å². The normalized spacial score (nSPS) is 15.6. The van der Waals surface area contributed by atoms with Crippen LogP contribution >= 0.6 is 0 Å². The van der Waals surface area contributed by atoms with Crippen molar-refractivity contribution in [1.29, 1.82) is 0 Å². The van der Waals surface area contributed by atoms with Crippen LogP contribution < -0.4 is 10.6 Å². The quantitative estimate of drug-likeness (QED) is 0.591. The lowest BCUT2D eigenvalue weighted by molar-refractivity contribution is -0.137. The second-order valence-corrected chi connectivity index (χ2v) is 7.24. The van der Waals surface area contributed by atoms with Gasteiger partial charge in [-0.05, 0) is 30.9 Å². The van der Waals surface area contributed by atoms with Crippen LogP contribution in [0.1, 0.15) is 43.9 Å². The Morgan fingerprint density at radius 2 is 1.93 bits per heavy atom. The van der Waals surface area contributed by atoms with Crippen LogP contribution in [-0.2, 0) is 6.18 Å². The Labute approximate surface area is 160 Å².